The van der Waals surface area contributed by atoms with Crippen molar-refractivity contribution in [2.75, 3.05) is 13.2 Å². The van der Waals surface area contributed by atoms with Gasteiger partial charge in [0.25, 0.3) is 0 Å². The lowest BCUT2D eigenvalue weighted by Gasteiger charge is -2.30. The van der Waals surface area contributed by atoms with Crippen molar-refractivity contribution in [3.8, 4) is 0 Å². The van der Waals surface area contributed by atoms with Crippen LogP contribution in [0.2, 0.25) is 0 Å². The highest BCUT2D eigenvalue weighted by atomic mass is 19.4. The first kappa shape index (κ1) is 17.2. The number of nitrogens with two attached hydrogens (primary N) is 1. The first-order valence-electron chi connectivity index (χ1n) is 6.25. The topological polar surface area (TPSA) is 52.3 Å². The largest absolute Gasteiger partial charge is 0.466 e. The zero-order valence-electron chi connectivity index (χ0n) is 11.0. The van der Waals surface area contributed by atoms with E-state index in [0.29, 0.717) is 12.8 Å². The van der Waals surface area contributed by atoms with Crippen LogP contribution in [0.5, 0.6) is 0 Å². The molecular formula is C12H22F3NO2. The van der Waals surface area contributed by atoms with E-state index in [1.165, 1.54) is 0 Å². The summed E-state index contributed by atoms with van der Waals surface area (Å²) in [5.74, 6) is -0.475. The quantitative estimate of drug-likeness (QED) is 0.689. The van der Waals surface area contributed by atoms with Crippen molar-refractivity contribution in [1.29, 1.82) is 0 Å². The Hall–Kier alpha value is -0.780. The van der Waals surface area contributed by atoms with Crippen LogP contribution in [-0.2, 0) is 9.53 Å². The Morgan fingerprint density at radius 2 is 1.78 bits per heavy atom. The summed E-state index contributed by atoms with van der Waals surface area (Å²) in [6.45, 7) is 3.77. The first-order chi connectivity index (χ1) is 8.31. The van der Waals surface area contributed by atoms with Crippen LogP contribution in [0.4, 0.5) is 13.2 Å². The third-order valence-corrected chi connectivity index (χ3v) is 2.94. The molecule has 18 heavy (non-hydrogen) atoms. The van der Waals surface area contributed by atoms with E-state index in [0.717, 1.165) is 0 Å². The van der Waals surface area contributed by atoms with E-state index in [1.54, 1.807) is 6.92 Å². The third-order valence-electron chi connectivity index (χ3n) is 2.94. The van der Waals surface area contributed by atoms with Crippen molar-refractivity contribution in [3.05, 3.63) is 0 Å². The molecule has 0 bridgehead atoms. The van der Waals surface area contributed by atoms with Crippen molar-refractivity contribution in [2.24, 2.45) is 11.1 Å². The molecule has 0 saturated carbocycles. The maximum Gasteiger partial charge on any atom is 0.389 e. The van der Waals surface area contributed by atoms with Gasteiger partial charge in [-0.1, -0.05) is 13.3 Å². The number of alkyl halides is 3. The minimum absolute atomic E-state index is 0.0253. The molecule has 0 radical (unpaired) electrons. The summed E-state index contributed by atoms with van der Waals surface area (Å²) >= 11 is 0. The molecular weight excluding hydrogens is 247 g/mol. The van der Waals surface area contributed by atoms with E-state index < -0.39 is 24.0 Å². The second-order valence-electron chi connectivity index (χ2n) is 4.42. The number of ether oxygens (including phenoxy) is 1. The fourth-order valence-electron chi connectivity index (χ4n) is 2.01. The molecule has 0 aliphatic carbocycles. The van der Waals surface area contributed by atoms with Gasteiger partial charge in [0, 0.05) is 13.0 Å². The highest BCUT2D eigenvalue weighted by molar-refractivity contribution is 5.77. The van der Waals surface area contributed by atoms with Crippen LogP contribution < -0.4 is 5.73 Å². The predicted octanol–water partition coefficient (Wildman–Crippen LogP) is 3.03. The van der Waals surface area contributed by atoms with Crippen LogP contribution in [0, 0.1) is 5.41 Å². The van der Waals surface area contributed by atoms with Crippen LogP contribution in [-0.4, -0.2) is 25.3 Å². The van der Waals surface area contributed by atoms with E-state index in [1.807, 2.05) is 6.92 Å². The smallest absolute Gasteiger partial charge is 0.389 e. The Kier molecular flexibility index (Phi) is 7.28. The molecule has 2 N–H and O–H groups in total. The summed E-state index contributed by atoms with van der Waals surface area (Å²) in [6, 6.07) is 0. The van der Waals surface area contributed by atoms with Crippen molar-refractivity contribution in [1.82, 2.24) is 0 Å². The number of esters is 1. The third kappa shape index (κ3) is 5.71. The Bertz CT molecular complexity index is 256. The second-order valence-corrected chi connectivity index (χ2v) is 4.42. The highest BCUT2D eigenvalue weighted by Crippen LogP contribution is 2.33. The van der Waals surface area contributed by atoms with Crippen molar-refractivity contribution >= 4 is 5.97 Å². The normalized spacial score (nSPS) is 15.2. The summed E-state index contributed by atoms with van der Waals surface area (Å²) in [6.07, 6.45) is -3.92. The van der Waals surface area contributed by atoms with Gasteiger partial charge in [0.15, 0.2) is 0 Å². The molecule has 0 aromatic rings. The van der Waals surface area contributed by atoms with Crippen LogP contribution in [0.3, 0.4) is 0 Å². The molecule has 0 aromatic heterocycles. The van der Waals surface area contributed by atoms with Gasteiger partial charge in [-0.15, -0.1) is 0 Å². The zero-order valence-corrected chi connectivity index (χ0v) is 11.0. The van der Waals surface area contributed by atoms with Gasteiger partial charge in [0.05, 0.1) is 12.0 Å². The molecule has 6 heteroatoms. The van der Waals surface area contributed by atoms with Gasteiger partial charge in [-0.05, 0) is 26.2 Å². The standard InChI is InChI=1S/C12H22F3NO2/c1-3-6-11(9-16,10(17)18-4-2)7-5-8-12(13,14)15/h3-9,16H2,1-2H3. The van der Waals surface area contributed by atoms with Gasteiger partial charge in [0.2, 0.25) is 0 Å². The number of hydrogen-bond donors (Lipinski definition) is 1. The fourth-order valence-corrected chi connectivity index (χ4v) is 2.01. The monoisotopic (exact) mass is 269 g/mol. The highest BCUT2D eigenvalue weighted by Gasteiger charge is 2.38. The summed E-state index contributed by atoms with van der Waals surface area (Å²) in [5, 5.41) is 0. The Morgan fingerprint density at radius 1 is 1.17 bits per heavy atom. The van der Waals surface area contributed by atoms with E-state index in [2.05, 4.69) is 0 Å². The van der Waals surface area contributed by atoms with Crippen molar-refractivity contribution < 1.29 is 22.7 Å². The Morgan fingerprint density at radius 3 is 2.17 bits per heavy atom. The van der Waals surface area contributed by atoms with Crippen LogP contribution in [0.1, 0.15) is 46.0 Å². The lowest BCUT2D eigenvalue weighted by Crippen LogP contribution is -2.40. The summed E-state index contributed by atoms with van der Waals surface area (Å²) < 4.78 is 41.3. The number of rotatable bonds is 8. The summed E-state index contributed by atoms with van der Waals surface area (Å²) in [5.41, 5.74) is 4.63. The summed E-state index contributed by atoms with van der Waals surface area (Å²) in [7, 11) is 0. The first-order valence-corrected chi connectivity index (χ1v) is 6.25. The van der Waals surface area contributed by atoms with Gasteiger partial charge in [-0.25, -0.2) is 0 Å². The lowest BCUT2D eigenvalue weighted by molar-refractivity contribution is -0.158. The number of hydrogen-bond acceptors (Lipinski definition) is 3. The lowest BCUT2D eigenvalue weighted by atomic mass is 9.78. The zero-order chi connectivity index (χ0) is 14.2. The molecule has 1 unspecified atom stereocenters. The van der Waals surface area contributed by atoms with Crippen LogP contribution in [0.15, 0.2) is 0 Å². The maximum atomic E-state index is 12.1. The molecule has 0 amide bonds. The SMILES string of the molecule is CCCC(CN)(CCCC(F)(F)F)C(=O)OCC. The van der Waals surface area contributed by atoms with E-state index in [4.69, 9.17) is 10.5 Å². The van der Waals surface area contributed by atoms with Crippen molar-refractivity contribution in [2.45, 2.75) is 52.1 Å². The number of halogens is 3. The molecule has 108 valence electrons. The van der Waals surface area contributed by atoms with Crippen LogP contribution >= 0.6 is 0 Å². The van der Waals surface area contributed by atoms with E-state index >= 15 is 0 Å². The Labute approximate surface area is 106 Å². The molecule has 0 aromatic carbocycles. The minimum Gasteiger partial charge on any atom is -0.466 e. The molecule has 0 aliphatic heterocycles. The van der Waals surface area contributed by atoms with Crippen molar-refractivity contribution in [3.63, 3.8) is 0 Å². The Balaban J connectivity index is 4.60. The van der Waals surface area contributed by atoms with Gasteiger partial charge in [-0.2, -0.15) is 13.2 Å². The molecule has 0 spiro atoms. The molecule has 0 aliphatic rings. The van der Waals surface area contributed by atoms with Gasteiger partial charge in [0.1, 0.15) is 0 Å². The van der Waals surface area contributed by atoms with Gasteiger partial charge >= 0.3 is 12.1 Å². The second kappa shape index (κ2) is 7.61. The molecule has 3 nitrogen and oxygen atoms in total. The van der Waals surface area contributed by atoms with E-state index in [9.17, 15) is 18.0 Å². The molecule has 0 saturated heterocycles. The minimum atomic E-state index is -4.19. The average molecular weight is 269 g/mol. The molecule has 0 fully saturated rings. The molecule has 0 heterocycles. The van der Waals surface area contributed by atoms with Gasteiger partial charge in [-0.3, -0.25) is 4.79 Å². The molecule has 1 atom stereocenters. The van der Waals surface area contributed by atoms with Crippen LogP contribution in [0.25, 0.3) is 0 Å². The van der Waals surface area contributed by atoms with Gasteiger partial charge < -0.3 is 10.5 Å². The molecule has 0 rings (SSSR count). The number of carbonyl (C=O) groups excluding carboxylic acids is 1. The number of carbonyl (C=O) groups is 1. The predicted molar refractivity (Wildman–Crippen MR) is 62.9 cm³/mol. The van der Waals surface area contributed by atoms with E-state index in [-0.39, 0.29) is 26.0 Å². The maximum absolute atomic E-state index is 12.1. The average Bonchev–Trinajstić information content (AvgIpc) is 2.26. The summed E-state index contributed by atoms with van der Waals surface area (Å²) in [4.78, 5) is 11.9. The fraction of sp³-hybridized carbons (Fsp3) is 0.917.